The number of aromatic nitrogens is 1. The molecule has 1 N–H and O–H groups in total. The Kier molecular flexibility index (Phi) is 3.83. The molecule has 1 nitrogen and oxygen atoms in total. The van der Waals surface area contributed by atoms with Crippen molar-refractivity contribution in [1.82, 2.24) is 0 Å². The molecule has 1 heterocycles. The van der Waals surface area contributed by atoms with Gasteiger partial charge in [0.05, 0.1) is 5.02 Å². The fraction of sp³-hybridized carbons (Fsp3) is 0. The minimum atomic E-state index is 0. The molecule has 1 rings (SSSR count). The van der Waals surface area contributed by atoms with E-state index in [0.717, 1.165) is 5.02 Å². The van der Waals surface area contributed by atoms with E-state index in [1.807, 2.05) is 0 Å². The maximum absolute atomic E-state index is 5.52. The molecule has 1 aromatic heterocycles. The predicted octanol–water partition coefficient (Wildman–Crippen LogP) is -1.84. The molecule has 8 heavy (non-hydrogen) atoms. The van der Waals surface area contributed by atoms with Gasteiger partial charge in [0.1, 0.15) is 0 Å². The van der Waals surface area contributed by atoms with Crippen molar-refractivity contribution >= 4 is 11.6 Å². The van der Waals surface area contributed by atoms with Gasteiger partial charge in [-0.2, -0.15) is 0 Å². The average Bonchev–Trinajstić information content (AvgIpc) is 1.69. The van der Waals surface area contributed by atoms with Gasteiger partial charge in [0.15, 0.2) is 12.4 Å². The van der Waals surface area contributed by atoms with E-state index in [4.69, 9.17) is 11.6 Å². The van der Waals surface area contributed by atoms with Crippen molar-refractivity contribution in [2.45, 2.75) is 0 Å². The molecule has 0 saturated carbocycles. The maximum Gasteiger partial charge on any atom is 0.168 e. The first-order valence-corrected chi connectivity index (χ1v) is 2.39. The third kappa shape index (κ3) is 2.28. The zero-order chi connectivity index (χ0) is 5.11. The van der Waals surface area contributed by atoms with Crippen LogP contribution >= 0.6 is 11.6 Å². The van der Waals surface area contributed by atoms with Gasteiger partial charge in [0.25, 0.3) is 0 Å². The van der Waals surface area contributed by atoms with Crippen LogP contribution in [-0.2, 0) is 0 Å². The highest BCUT2D eigenvalue weighted by Crippen LogP contribution is 2.00. The second-order valence-corrected chi connectivity index (χ2v) is 1.65. The van der Waals surface area contributed by atoms with Crippen LogP contribution in [0.25, 0.3) is 0 Å². The summed E-state index contributed by atoms with van der Waals surface area (Å²) in [7, 11) is 0. The predicted molar refractivity (Wildman–Crippen MR) is 28.0 cm³/mol. The van der Waals surface area contributed by atoms with Crippen LogP contribution in [0.1, 0.15) is 0 Å². The van der Waals surface area contributed by atoms with Gasteiger partial charge < -0.3 is 17.0 Å². The molecule has 3 heteroatoms. The monoisotopic (exact) mass is 193 g/mol. The van der Waals surface area contributed by atoms with Crippen molar-refractivity contribution in [3.05, 3.63) is 29.5 Å². The second kappa shape index (κ2) is 3.87. The van der Waals surface area contributed by atoms with Gasteiger partial charge in [-0.15, -0.1) is 0 Å². The fourth-order valence-electron chi connectivity index (χ4n) is 0.367. The van der Waals surface area contributed by atoms with E-state index in [1.54, 1.807) is 24.5 Å². The zero-order valence-corrected chi connectivity index (χ0v) is 6.41. The van der Waals surface area contributed by atoms with E-state index in [2.05, 4.69) is 4.98 Å². The van der Waals surface area contributed by atoms with Crippen LogP contribution in [0.5, 0.6) is 0 Å². The summed E-state index contributed by atoms with van der Waals surface area (Å²) in [6.07, 6.45) is 3.56. The number of rotatable bonds is 0. The Bertz CT molecular complexity index is 142. The Labute approximate surface area is 63.5 Å². The molecule has 0 aliphatic carbocycles. The normalized spacial score (nSPS) is 7.62. The number of halogens is 2. The summed E-state index contributed by atoms with van der Waals surface area (Å²) < 4.78 is 0. The Morgan fingerprint density at radius 3 is 2.00 bits per heavy atom. The number of aromatic amines is 1. The zero-order valence-electron chi connectivity index (χ0n) is 4.07. The molecule has 0 unspecified atom stereocenters. The summed E-state index contributed by atoms with van der Waals surface area (Å²) >= 11 is 5.52. The Balaban J connectivity index is 0.000000490. The summed E-state index contributed by atoms with van der Waals surface area (Å²) in [5, 5.41) is 0.763. The Hall–Kier alpha value is -0.0800. The molecule has 0 atom stereocenters. The lowest BCUT2D eigenvalue weighted by Gasteiger charge is -1.74. The number of hydrogen-bond donors (Lipinski definition) is 0. The topological polar surface area (TPSA) is 14.1 Å². The molecule has 0 aliphatic heterocycles. The summed E-state index contributed by atoms with van der Waals surface area (Å²) in [5.74, 6) is 0. The molecular weight excluding hydrogens is 189 g/mol. The number of H-pyrrole nitrogens is 1. The van der Waals surface area contributed by atoms with E-state index < -0.39 is 0 Å². The van der Waals surface area contributed by atoms with Crippen LogP contribution in [0, 0.1) is 0 Å². The third-order valence-corrected chi connectivity index (χ3v) is 0.930. The highest BCUT2D eigenvalue weighted by Gasteiger charge is 1.80. The van der Waals surface area contributed by atoms with Crippen LogP contribution in [0.15, 0.2) is 24.5 Å². The molecular formula is C5H5BrClN. The van der Waals surface area contributed by atoms with Gasteiger partial charge in [0, 0.05) is 12.1 Å². The van der Waals surface area contributed by atoms with Gasteiger partial charge in [-0.3, -0.25) is 0 Å². The van der Waals surface area contributed by atoms with E-state index in [-0.39, 0.29) is 17.0 Å². The van der Waals surface area contributed by atoms with E-state index >= 15 is 0 Å². The molecule has 0 radical (unpaired) electrons. The van der Waals surface area contributed by atoms with Crippen molar-refractivity contribution in [2.24, 2.45) is 0 Å². The molecule has 0 aromatic carbocycles. The summed E-state index contributed by atoms with van der Waals surface area (Å²) in [4.78, 5) is 2.85. The van der Waals surface area contributed by atoms with Gasteiger partial charge in [-0.05, 0) is 0 Å². The molecule has 0 aliphatic rings. The number of hydrogen-bond acceptors (Lipinski definition) is 0. The first kappa shape index (κ1) is 7.92. The summed E-state index contributed by atoms with van der Waals surface area (Å²) in [6.45, 7) is 0. The van der Waals surface area contributed by atoms with Crippen molar-refractivity contribution < 1.29 is 22.0 Å². The SMILES string of the molecule is Clc1cc[nH+]cc1.[Br-]. The van der Waals surface area contributed by atoms with Gasteiger partial charge in [-0.25, -0.2) is 4.98 Å². The third-order valence-electron chi connectivity index (χ3n) is 0.678. The molecule has 0 fully saturated rings. The van der Waals surface area contributed by atoms with E-state index in [9.17, 15) is 0 Å². The highest BCUT2D eigenvalue weighted by atomic mass is 79.9. The largest absolute Gasteiger partial charge is 1.00 e. The Morgan fingerprint density at radius 2 is 1.75 bits per heavy atom. The van der Waals surface area contributed by atoms with Crippen molar-refractivity contribution in [2.75, 3.05) is 0 Å². The molecule has 0 saturated heterocycles. The number of nitrogens with one attached hydrogen (secondary N) is 1. The van der Waals surface area contributed by atoms with Crippen LogP contribution in [0.2, 0.25) is 5.02 Å². The van der Waals surface area contributed by atoms with Crippen molar-refractivity contribution in [3.63, 3.8) is 0 Å². The van der Waals surface area contributed by atoms with Gasteiger partial charge in [-0.1, -0.05) is 11.6 Å². The van der Waals surface area contributed by atoms with Crippen LogP contribution in [-0.4, -0.2) is 0 Å². The average molecular weight is 194 g/mol. The lowest BCUT2D eigenvalue weighted by atomic mass is 10.5. The van der Waals surface area contributed by atoms with Crippen LogP contribution < -0.4 is 22.0 Å². The molecule has 1 aromatic rings. The fourth-order valence-corrected chi connectivity index (χ4v) is 0.493. The lowest BCUT2D eigenvalue weighted by Crippen LogP contribution is -3.00. The van der Waals surface area contributed by atoms with Crippen LogP contribution in [0.3, 0.4) is 0 Å². The molecule has 44 valence electrons. The van der Waals surface area contributed by atoms with Crippen LogP contribution in [0.4, 0.5) is 0 Å². The lowest BCUT2D eigenvalue weighted by molar-refractivity contribution is -0.377. The minimum absolute atomic E-state index is 0. The molecule has 0 amide bonds. The van der Waals surface area contributed by atoms with Gasteiger partial charge >= 0.3 is 0 Å². The second-order valence-electron chi connectivity index (χ2n) is 1.22. The standard InChI is InChI=1S/C5H4ClN.BrH/c6-5-1-3-7-4-2-5;/h1-4H;1H. The first-order valence-electron chi connectivity index (χ1n) is 2.01. The minimum Gasteiger partial charge on any atom is -1.00 e. The summed E-state index contributed by atoms with van der Waals surface area (Å²) in [6, 6.07) is 3.59. The van der Waals surface area contributed by atoms with Crippen molar-refractivity contribution in [1.29, 1.82) is 0 Å². The Morgan fingerprint density at radius 1 is 1.25 bits per heavy atom. The van der Waals surface area contributed by atoms with E-state index in [1.165, 1.54) is 0 Å². The highest BCUT2D eigenvalue weighted by molar-refractivity contribution is 6.30. The smallest absolute Gasteiger partial charge is 0.168 e. The quantitative estimate of drug-likeness (QED) is 0.461. The van der Waals surface area contributed by atoms with Gasteiger partial charge in [0.2, 0.25) is 0 Å². The van der Waals surface area contributed by atoms with Crippen molar-refractivity contribution in [3.8, 4) is 0 Å². The van der Waals surface area contributed by atoms with E-state index in [0.29, 0.717) is 0 Å². The molecule has 0 bridgehead atoms. The summed E-state index contributed by atoms with van der Waals surface area (Å²) in [5.41, 5.74) is 0. The number of pyridine rings is 1. The molecule has 0 spiro atoms. The first-order chi connectivity index (χ1) is 3.39. The maximum atomic E-state index is 5.52.